The second-order valence-corrected chi connectivity index (χ2v) is 12.0. The van der Waals surface area contributed by atoms with Gasteiger partial charge in [0.2, 0.25) is 0 Å². The monoisotopic (exact) mass is 600 g/mol. The predicted octanol–water partition coefficient (Wildman–Crippen LogP) is 10.2. The summed E-state index contributed by atoms with van der Waals surface area (Å²) in [6, 6.07) is 32.5. The summed E-state index contributed by atoms with van der Waals surface area (Å²) in [5.74, 6) is 0. The molecule has 0 radical (unpaired) electrons. The van der Waals surface area contributed by atoms with Crippen LogP contribution in [0.5, 0.6) is 0 Å². The predicted molar refractivity (Wildman–Crippen MR) is 160 cm³/mol. The minimum absolute atomic E-state index is 0.0301. The van der Waals surface area contributed by atoms with Gasteiger partial charge in [-0.3, -0.25) is 0 Å². The molecule has 0 atom stereocenters. The van der Waals surface area contributed by atoms with Gasteiger partial charge in [-0.25, -0.2) is 0 Å². The highest BCUT2D eigenvalue weighted by atomic mass is 79.9. The van der Waals surface area contributed by atoms with E-state index in [9.17, 15) is 0 Å². The number of rotatable bonds is 4. The first-order chi connectivity index (χ1) is 17.5. The maximum absolute atomic E-state index is 4.02. The van der Waals surface area contributed by atoms with Crippen LogP contribution in [0, 0.1) is 0 Å². The van der Waals surface area contributed by atoms with Gasteiger partial charge in [0.1, 0.15) is 0 Å². The zero-order chi connectivity index (χ0) is 25.1. The van der Waals surface area contributed by atoms with E-state index >= 15 is 0 Å². The van der Waals surface area contributed by atoms with Gasteiger partial charge in [0.15, 0.2) is 0 Å². The summed E-state index contributed by atoms with van der Waals surface area (Å²) in [6.07, 6.45) is 7.40. The summed E-state index contributed by atoms with van der Waals surface area (Å²) in [4.78, 5) is 0. The summed E-state index contributed by atoms with van der Waals surface area (Å²) in [6.45, 7) is 4.65. The van der Waals surface area contributed by atoms with Gasteiger partial charge in [-0.05, 0) is 115 Å². The normalized spacial score (nSPS) is 14.4. The molecule has 0 unspecified atom stereocenters. The second-order valence-electron chi connectivity index (χ2n) is 10.4. The Bertz CT molecular complexity index is 1360. The van der Waals surface area contributed by atoms with E-state index in [-0.39, 0.29) is 5.41 Å². The molecule has 8 bridgehead atoms. The molecule has 0 aromatic heterocycles. The highest BCUT2D eigenvalue weighted by molar-refractivity contribution is 9.13. The summed E-state index contributed by atoms with van der Waals surface area (Å²) >= 11 is 7.94. The summed E-state index contributed by atoms with van der Waals surface area (Å²) < 4.78 is 2.34. The molecule has 0 amide bonds. The fraction of sp³-hybridized carbons (Fsp3) is 0.294. The van der Waals surface area contributed by atoms with Crippen molar-refractivity contribution in [1.29, 1.82) is 0 Å². The Hall–Kier alpha value is -2.16. The first-order valence-corrected chi connectivity index (χ1v) is 14.8. The lowest BCUT2D eigenvalue weighted by Gasteiger charge is -2.37. The van der Waals surface area contributed by atoms with Crippen molar-refractivity contribution < 1.29 is 0 Å². The average molecular weight is 602 g/mol. The van der Waals surface area contributed by atoms with Crippen LogP contribution in [0.1, 0.15) is 84.0 Å². The highest BCUT2D eigenvalue weighted by Gasteiger charge is 2.35. The van der Waals surface area contributed by atoms with Crippen molar-refractivity contribution in [3.05, 3.63) is 138 Å². The lowest BCUT2D eigenvalue weighted by Crippen LogP contribution is -2.29. The van der Waals surface area contributed by atoms with Gasteiger partial charge in [-0.2, -0.15) is 0 Å². The second kappa shape index (κ2) is 11.1. The molecule has 2 heteroatoms. The Kier molecular flexibility index (Phi) is 7.84. The van der Waals surface area contributed by atoms with Gasteiger partial charge in [0.05, 0.1) is 0 Å². The number of halogens is 2. The Morgan fingerprint density at radius 3 is 1.58 bits per heavy atom. The summed E-state index contributed by atoms with van der Waals surface area (Å²) in [5.41, 5.74) is 11.1. The van der Waals surface area contributed by atoms with E-state index < -0.39 is 0 Å². The van der Waals surface area contributed by atoms with E-state index in [4.69, 9.17) is 0 Å². The SMILES string of the molecule is CCCC1(CCC)c2cccc(c2)Cc2cccc(c2)Cc2cccc(c2)Cc2cc(Br)c(Br)c1c2. The Balaban J connectivity index is 1.76. The van der Waals surface area contributed by atoms with Crippen molar-refractivity contribution >= 4 is 31.9 Å². The Morgan fingerprint density at radius 2 is 1.06 bits per heavy atom. The third-order valence-corrected chi connectivity index (χ3v) is 9.66. The molecular weight excluding hydrogens is 568 g/mol. The molecule has 4 aromatic rings. The third-order valence-electron chi connectivity index (χ3n) is 7.64. The lowest BCUT2D eigenvalue weighted by molar-refractivity contribution is 0.423. The highest BCUT2D eigenvalue weighted by Crippen LogP contribution is 2.47. The molecule has 0 saturated heterocycles. The largest absolute Gasteiger partial charge is 0.0653 e. The van der Waals surface area contributed by atoms with Crippen molar-refractivity contribution in [1.82, 2.24) is 0 Å². The molecule has 1 aliphatic carbocycles. The zero-order valence-corrected chi connectivity index (χ0v) is 24.5. The van der Waals surface area contributed by atoms with E-state index in [1.54, 1.807) is 0 Å². The quantitative estimate of drug-likeness (QED) is 0.218. The van der Waals surface area contributed by atoms with Crippen molar-refractivity contribution in [2.45, 2.75) is 64.2 Å². The smallest absolute Gasteiger partial charge is 0.0358 e. The standard InChI is InChI=1S/C34H34Br2/c1-3-14-34(15-4-2)30-13-7-12-28(21-30)19-26-10-5-8-24(17-26)16-25-9-6-11-27(18-25)20-29-22-31(34)33(36)32(35)23-29/h5-13,17-18,21-23H,3-4,14-16,19-20H2,1-2H3. The number of hydrogen-bond acceptors (Lipinski definition) is 0. The van der Waals surface area contributed by atoms with Gasteiger partial charge >= 0.3 is 0 Å². The first-order valence-electron chi connectivity index (χ1n) is 13.2. The van der Waals surface area contributed by atoms with E-state index in [2.05, 4.69) is 131 Å². The molecule has 4 aromatic carbocycles. The molecule has 0 N–H and O–H groups in total. The van der Waals surface area contributed by atoms with Crippen molar-refractivity contribution in [2.75, 3.05) is 0 Å². The summed E-state index contributed by atoms with van der Waals surface area (Å²) in [5, 5.41) is 0. The van der Waals surface area contributed by atoms with Crippen LogP contribution < -0.4 is 0 Å². The van der Waals surface area contributed by atoms with Gasteiger partial charge in [0, 0.05) is 14.4 Å². The van der Waals surface area contributed by atoms with Crippen LogP contribution in [0.25, 0.3) is 0 Å². The van der Waals surface area contributed by atoms with E-state index in [0.29, 0.717) is 0 Å². The minimum Gasteiger partial charge on any atom is -0.0653 e. The third kappa shape index (κ3) is 5.27. The van der Waals surface area contributed by atoms with Crippen LogP contribution in [-0.4, -0.2) is 0 Å². The topological polar surface area (TPSA) is 0 Å². The average Bonchev–Trinajstić information content (AvgIpc) is 2.86. The van der Waals surface area contributed by atoms with Crippen molar-refractivity contribution in [2.24, 2.45) is 0 Å². The molecule has 0 heterocycles. The molecular formula is C34H34Br2. The van der Waals surface area contributed by atoms with Gasteiger partial charge in [-0.1, -0.05) is 106 Å². The molecule has 5 rings (SSSR count). The minimum atomic E-state index is -0.0301. The number of hydrogen-bond donors (Lipinski definition) is 0. The molecule has 0 saturated carbocycles. The van der Waals surface area contributed by atoms with E-state index in [1.165, 1.54) is 49.0 Å². The van der Waals surface area contributed by atoms with Crippen LogP contribution in [0.15, 0.2) is 93.9 Å². The zero-order valence-electron chi connectivity index (χ0n) is 21.3. The van der Waals surface area contributed by atoms with Gasteiger partial charge < -0.3 is 0 Å². The van der Waals surface area contributed by atoms with E-state index in [1.807, 2.05) is 0 Å². The van der Waals surface area contributed by atoms with Crippen LogP contribution in [0.2, 0.25) is 0 Å². The first kappa shape index (κ1) is 25.5. The van der Waals surface area contributed by atoms with Crippen LogP contribution in [0.3, 0.4) is 0 Å². The van der Waals surface area contributed by atoms with Crippen LogP contribution in [0.4, 0.5) is 0 Å². The van der Waals surface area contributed by atoms with Crippen LogP contribution >= 0.6 is 31.9 Å². The molecule has 0 aliphatic heterocycles. The van der Waals surface area contributed by atoms with Crippen molar-refractivity contribution in [3.8, 4) is 0 Å². The molecule has 36 heavy (non-hydrogen) atoms. The maximum Gasteiger partial charge on any atom is 0.0358 e. The Labute approximate surface area is 233 Å². The van der Waals surface area contributed by atoms with E-state index in [0.717, 1.165) is 49.4 Å². The molecule has 0 nitrogen and oxygen atoms in total. The van der Waals surface area contributed by atoms with Crippen molar-refractivity contribution in [3.63, 3.8) is 0 Å². The molecule has 0 fully saturated rings. The Morgan fingerprint density at radius 1 is 0.583 bits per heavy atom. The molecule has 1 aliphatic rings. The van der Waals surface area contributed by atoms with Crippen LogP contribution in [-0.2, 0) is 24.7 Å². The summed E-state index contributed by atoms with van der Waals surface area (Å²) in [7, 11) is 0. The number of fused-ring (bicyclic) bond motifs is 8. The maximum atomic E-state index is 4.02. The fourth-order valence-corrected chi connectivity index (χ4v) is 7.29. The molecule has 0 spiro atoms. The van der Waals surface area contributed by atoms with Gasteiger partial charge in [0.25, 0.3) is 0 Å². The lowest BCUT2D eigenvalue weighted by atomic mass is 9.68. The van der Waals surface area contributed by atoms with Gasteiger partial charge in [-0.15, -0.1) is 0 Å². The fourth-order valence-electron chi connectivity index (χ4n) is 6.17. The number of benzene rings is 4. The molecule has 184 valence electrons.